The molecule has 3 heterocycles. The number of anilines is 1. The lowest BCUT2D eigenvalue weighted by Gasteiger charge is -2.30. The van der Waals surface area contributed by atoms with Gasteiger partial charge in [0.15, 0.2) is 0 Å². The first-order valence-electron chi connectivity index (χ1n) is 12.3. The van der Waals surface area contributed by atoms with Gasteiger partial charge in [0.25, 0.3) is 5.91 Å². The van der Waals surface area contributed by atoms with Gasteiger partial charge in [-0.25, -0.2) is 0 Å². The molecule has 8 heteroatoms. The molecule has 3 aromatic rings. The van der Waals surface area contributed by atoms with Gasteiger partial charge in [0.1, 0.15) is 17.8 Å². The molecule has 5 atom stereocenters. The van der Waals surface area contributed by atoms with E-state index in [1.54, 1.807) is 13.0 Å². The molecule has 1 saturated carbocycles. The molecule has 2 aliphatic heterocycles. The molecule has 1 aromatic heterocycles. The van der Waals surface area contributed by atoms with Gasteiger partial charge in [-0.1, -0.05) is 36.4 Å². The number of benzene rings is 2. The normalized spacial score (nSPS) is 24.9. The van der Waals surface area contributed by atoms with Crippen molar-refractivity contribution in [2.75, 3.05) is 18.4 Å². The predicted octanol–water partition coefficient (Wildman–Crippen LogP) is 2.29. The van der Waals surface area contributed by atoms with Crippen LogP contribution in [0.2, 0.25) is 0 Å². The van der Waals surface area contributed by atoms with E-state index in [4.69, 9.17) is 0 Å². The Kier molecular flexibility index (Phi) is 5.24. The van der Waals surface area contributed by atoms with Crippen LogP contribution in [0.5, 0.6) is 0 Å². The Bertz CT molecular complexity index is 1260. The highest BCUT2D eigenvalue weighted by Crippen LogP contribution is 2.49. The minimum absolute atomic E-state index is 0.00132. The first kappa shape index (κ1) is 21.7. The van der Waals surface area contributed by atoms with Gasteiger partial charge in [0.05, 0.1) is 6.04 Å². The van der Waals surface area contributed by atoms with E-state index in [-0.39, 0.29) is 29.8 Å². The second-order valence-electron chi connectivity index (χ2n) is 9.99. The molecule has 3 aliphatic rings. The summed E-state index contributed by atoms with van der Waals surface area (Å²) in [6, 6.07) is 16.5. The largest absolute Gasteiger partial charge is 0.373 e. The molecule has 180 valence electrons. The highest BCUT2D eigenvalue weighted by atomic mass is 16.2. The fourth-order valence-electron chi connectivity index (χ4n) is 5.63. The monoisotopic (exact) mass is 471 g/mol. The van der Waals surface area contributed by atoms with Crippen LogP contribution < -0.4 is 16.0 Å². The van der Waals surface area contributed by atoms with Crippen LogP contribution in [0.3, 0.4) is 0 Å². The van der Waals surface area contributed by atoms with E-state index in [0.29, 0.717) is 30.5 Å². The van der Waals surface area contributed by atoms with E-state index in [1.165, 1.54) is 5.56 Å². The Morgan fingerprint density at radius 3 is 2.74 bits per heavy atom. The number of rotatable bonds is 6. The van der Waals surface area contributed by atoms with E-state index < -0.39 is 6.04 Å². The van der Waals surface area contributed by atoms with Gasteiger partial charge in [0.2, 0.25) is 11.8 Å². The molecule has 2 fully saturated rings. The third-order valence-electron chi connectivity index (χ3n) is 7.66. The molecule has 8 nitrogen and oxygen atoms in total. The molecule has 2 aromatic carbocycles. The Balaban J connectivity index is 1.05. The van der Waals surface area contributed by atoms with Crippen molar-refractivity contribution in [1.82, 2.24) is 20.5 Å². The molecule has 3 amide bonds. The molecule has 4 unspecified atom stereocenters. The summed E-state index contributed by atoms with van der Waals surface area (Å²) in [5, 5.41) is 10.1. The zero-order chi connectivity index (χ0) is 24.1. The summed E-state index contributed by atoms with van der Waals surface area (Å²) >= 11 is 0. The Morgan fingerprint density at radius 1 is 1.11 bits per heavy atom. The van der Waals surface area contributed by atoms with Crippen LogP contribution in [-0.4, -0.2) is 58.8 Å². The van der Waals surface area contributed by atoms with Crippen molar-refractivity contribution in [2.24, 2.45) is 11.8 Å². The van der Waals surface area contributed by atoms with Crippen LogP contribution >= 0.6 is 0 Å². The Hall–Kier alpha value is -3.81. The molecule has 0 spiro atoms. The molecule has 0 radical (unpaired) electrons. The number of aromatic amines is 1. The SMILES string of the molecule is C[C@H](NC(=O)c1cc2ccccc2[nH]1)C(=O)NCC1C2CC2CN1C(=O)C1Cc2ccccc2N1. The Labute approximate surface area is 203 Å². The summed E-state index contributed by atoms with van der Waals surface area (Å²) in [5.41, 5.74) is 3.49. The van der Waals surface area contributed by atoms with Crippen LogP contribution in [-0.2, 0) is 16.0 Å². The fraction of sp³-hybridized carbons (Fsp3) is 0.370. The third kappa shape index (κ3) is 4.03. The van der Waals surface area contributed by atoms with Gasteiger partial charge in [-0.2, -0.15) is 0 Å². The summed E-state index contributed by atoms with van der Waals surface area (Å²) in [5.74, 6) is 0.504. The number of piperidine rings is 1. The number of nitrogens with zero attached hydrogens (tertiary/aromatic N) is 1. The molecule has 0 bridgehead atoms. The van der Waals surface area contributed by atoms with Gasteiger partial charge < -0.3 is 25.8 Å². The summed E-state index contributed by atoms with van der Waals surface area (Å²) in [7, 11) is 0. The maximum absolute atomic E-state index is 13.3. The van der Waals surface area contributed by atoms with E-state index >= 15 is 0 Å². The van der Waals surface area contributed by atoms with Crippen LogP contribution in [0.4, 0.5) is 5.69 Å². The Morgan fingerprint density at radius 2 is 1.91 bits per heavy atom. The number of carbonyl (C=O) groups is 3. The van der Waals surface area contributed by atoms with Crippen molar-refractivity contribution >= 4 is 34.3 Å². The maximum Gasteiger partial charge on any atom is 0.268 e. The third-order valence-corrected chi connectivity index (χ3v) is 7.66. The number of H-pyrrole nitrogens is 1. The standard InChI is InChI=1S/C27H29N5O3/c1-15(29-26(34)22-11-16-6-2-4-8-20(16)30-22)25(33)28-13-24-19-10-18(19)14-32(24)27(35)23-12-17-7-3-5-9-21(17)31-23/h2-9,11,15,18-19,23-24,30-31H,10,12-14H2,1H3,(H,28,33)(H,29,34)/t15-,18?,19?,23?,24?/m0/s1. The average molecular weight is 472 g/mol. The zero-order valence-electron chi connectivity index (χ0n) is 19.6. The zero-order valence-corrected chi connectivity index (χ0v) is 19.6. The van der Waals surface area contributed by atoms with Crippen LogP contribution in [0.15, 0.2) is 54.6 Å². The average Bonchev–Trinajstić information content (AvgIpc) is 3.22. The van der Waals surface area contributed by atoms with Gasteiger partial charge in [-0.3, -0.25) is 14.4 Å². The number of fused-ring (bicyclic) bond motifs is 3. The van der Waals surface area contributed by atoms with E-state index in [2.05, 4.69) is 27.0 Å². The molecule has 35 heavy (non-hydrogen) atoms. The number of hydrogen-bond acceptors (Lipinski definition) is 4. The molecular formula is C27H29N5O3. The van der Waals surface area contributed by atoms with Crippen LogP contribution in [0, 0.1) is 11.8 Å². The molecule has 1 saturated heterocycles. The van der Waals surface area contributed by atoms with Crippen molar-refractivity contribution < 1.29 is 14.4 Å². The second kappa shape index (κ2) is 8.45. The van der Waals surface area contributed by atoms with Crippen molar-refractivity contribution in [1.29, 1.82) is 0 Å². The van der Waals surface area contributed by atoms with Crippen LogP contribution in [0.25, 0.3) is 10.9 Å². The lowest BCUT2D eigenvalue weighted by molar-refractivity contribution is -0.134. The summed E-state index contributed by atoms with van der Waals surface area (Å²) in [6.07, 6.45) is 1.80. The second-order valence-corrected chi connectivity index (χ2v) is 9.99. The molecule has 1 aliphatic carbocycles. The van der Waals surface area contributed by atoms with Crippen molar-refractivity contribution in [2.45, 2.75) is 37.9 Å². The smallest absolute Gasteiger partial charge is 0.268 e. The van der Waals surface area contributed by atoms with E-state index in [0.717, 1.165) is 29.6 Å². The maximum atomic E-state index is 13.3. The highest BCUT2D eigenvalue weighted by molar-refractivity contribution is 6.00. The number of para-hydroxylation sites is 2. The predicted molar refractivity (Wildman–Crippen MR) is 133 cm³/mol. The topological polar surface area (TPSA) is 106 Å². The quantitative estimate of drug-likeness (QED) is 0.443. The lowest BCUT2D eigenvalue weighted by atomic mass is 10.1. The van der Waals surface area contributed by atoms with Crippen molar-refractivity contribution in [3.05, 3.63) is 65.9 Å². The van der Waals surface area contributed by atoms with Crippen molar-refractivity contribution in [3.63, 3.8) is 0 Å². The number of nitrogens with one attached hydrogen (secondary N) is 4. The summed E-state index contributed by atoms with van der Waals surface area (Å²) in [4.78, 5) is 43.8. The lowest BCUT2D eigenvalue weighted by Crippen LogP contribution is -2.52. The number of aromatic nitrogens is 1. The fourth-order valence-corrected chi connectivity index (χ4v) is 5.63. The molecule has 4 N–H and O–H groups in total. The van der Waals surface area contributed by atoms with Crippen molar-refractivity contribution in [3.8, 4) is 0 Å². The minimum atomic E-state index is -0.694. The van der Waals surface area contributed by atoms with Gasteiger partial charge in [-0.05, 0) is 48.9 Å². The summed E-state index contributed by atoms with van der Waals surface area (Å²) in [6.45, 7) is 2.83. The summed E-state index contributed by atoms with van der Waals surface area (Å²) < 4.78 is 0. The first-order valence-corrected chi connectivity index (χ1v) is 12.3. The van der Waals surface area contributed by atoms with Gasteiger partial charge in [-0.15, -0.1) is 0 Å². The van der Waals surface area contributed by atoms with Gasteiger partial charge in [0, 0.05) is 36.1 Å². The minimum Gasteiger partial charge on any atom is -0.373 e. The number of hydrogen-bond donors (Lipinski definition) is 4. The number of carbonyl (C=O) groups excluding carboxylic acids is 3. The van der Waals surface area contributed by atoms with E-state index in [1.807, 2.05) is 47.4 Å². The first-order chi connectivity index (χ1) is 17.0. The number of likely N-dealkylation sites (tertiary alicyclic amines) is 1. The molecular weight excluding hydrogens is 442 g/mol. The van der Waals surface area contributed by atoms with E-state index in [9.17, 15) is 14.4 Å². The van der Waals surface area contributed by atoms with Gasteiger partial charge >= 0.3 is 0 Å². The molecule has 6 rings (SSSR count). The van der Waals surface area contributed by atoms with Crippen LogP contribution in [0.1, 0.15) is 29.4 Å². The highest BCUT2D eigenvalue weighted by Gasteiger charge is 2.54. The number of amides is 3.